The highest BCUT2D eigenvalue weighted by molar-refractivity contribution is 5.81. The van der Waals surface area contributed by atoms with Gasteiger partial charge in [-0.2, -0.15) is 0 Å². The third-order valence-corrected chi connectivity index (χ3v) is 7.26. The van der Waals surface area contributed by atoms with Crippen LogP contribution in [0.15, 0.2) is 70.1 Å². The smallest absolute Gasteiger partial charge is 0.266 e. The maximum Gasteiger partial charge on any atom is 0.266 e. The number of carbonyl (C=O) groups excluding carboxylic acids is 1. The monoisotopic (exact) mass is 469 g/mol. The lowest BCUT2D eigenvalue weighted by Crippen LogP contribution is -2.42. The van der Waals surface area contributed by atoms with E-state index in [4.69, 9.17) is 9.40 Å². The van der Waals surface area contributed by atoms with Crippen LogP contribution in [0.2, 0.25) is 0 Å². The van der Waals surface area contributed by atoms with Crippen molar-refractivity contribution >= 4 is 16.8 Å². The number of rotatable bonds is 7. The number of aryl methyl sites for hydroxylation is 2. The van der Waals surface area contributed by atoms with Crippen molar-refractivity contribution in [2.75, 3.05) is 0 Å². The first-order chi connectivity index (χ1) is 17.0. The van der Waals surface area contributed by atoms with Gasteiger partial charge in [-0.05, 0) is 80.6 Å². The summed E-state index contributed by atoms with van der Waals surface area (Å²) >= 11 is 0. The van der Waals surface area contributed by atoms with Gasteiger partial charge in [0.05, 0.1) is 35.4 Å². The molecule has 2 aromatic carbocycles. The molecule has 0 N–H and O–H groups in total. The van der Waals surface area contributed by atoms with Crippen molar-refractivity contribution in [3.8, 4) is 5.69 Å². The van der Waals surface area contributed by atoms with Crippen LogP contribution in [-0.2, 0) is 11.3 Å². The normalized spacial score (nSPS) is 14.6. The highest BCUT2D eigenvalue weighted by atomic mass is 16.3. The van der Waals surface area contributed by atoms with Crippen molar-refractivity contribution in [3.63, 3.8) is 0 Å². The van der Waals surface area contributed by atoms with Gasteiger partial charge in [0.1, 0.15) is 11.6 Å². The Morgan fingerprint density at radius 1 is 1.11 bits per heavy atom. The Labute approximate surface area is 205 Å². The average molecular weight is 470 g/mol. The van der Waals surface area contributed by atoms with E-state index < -0.39 is 0 Å². The standard InChI is InChI=1S/C29H31N3O3/c1-4-26(31(18-23-11-8-16-35-23)28(33)21-9-7-10-21)27-30-25-13-6-5-12-24(25)29(34)32(27)22-15-14-19(2)20(3)17-22/h5-6,8,11-17,21,26H,4,7,9-10,18H2,1-3H3. The second kappa shape index (κ2) is 9.53. The summed E-state index contributed by atoms with van der Waals surface area (Å²) in [6, 6.07) is 16.8. The number of nitrogens with zero attached hydrogens (tertiary/aromatic N) is 3. The number of carbonyl (C=O) groups is 1. The summed E-state index contributed by atoms with van der Waals surface area (Å²) in [6.45, 7) is 6.48. The van der Waals surface area contributed by atoms with E-state index in [1.54, 1.807) is 10.8 Å². The van der Waals surface area contributed by atoms with E-state index in [9.17, 15) is 9.59 Å². The Kier molecular flexibility index (Phi) is 6.29. The highest BCUT2D eigenvalue weighted by Gasteiger charge is 2.35. The largest absolute Gasteiger partial charge is 0.467 e. The van der Waals surface area contributed by atoms with Gasteiger partial charge in [0.2, 0.25) is 5.91 Å². The van der Waals surface area contributed by atoms with Crippen molar-refractivity contribution in [3.05, 3.63) is 93.9 Å². The number of benzene rings is 2. The summed E-state index contributed by atoms with van der Waals surface area (Å²) in [6.07, 6.45) is 5.12. The Hall–Kier alpha value is -3.67. The van der Waals surface area contributed by atoms with Crippen LogP contribution in [0, 0.1) is 19.8 Å². The molecule has 1 fully saturated rings. The summed E-state index contributed by atoms with van der Waals surface area (Å²) in [7, 11) is 0. The predicted molar refractivity (Wildman–Crippen MR) is 136 cm³/mol. The van der Waals surface area contributed by atoms with E-state index in [1.807, 2.05) is 73.3 Å². The zero-order valence-corrected chi connectivity index (χ0v) is 20.5. The van der Waals surface area contributed by atoms with Gasteiger partial charge in [0.15, 0.2) is 0 Å². The van der Waals surface area contributed by atoms with Gasteiger partial charge in [-0.15, -0.1) is 0 Å². The van der Waals surface area contributed by atoms with Gasteiger partial charge in [0, 0.05) is 5.92 Å². The Bertz CT molecular complexity index is 1420. The molecule has 1 aliphatic rings. The fourth-order valence-corrected chi connectivity index (χ4v) is 4.83. The second-order valence-electron chi connectivity index (χ2n) is 9.49. The van der Waals surface area contributed by atoms with Crippen LogP contribution in [0.4, 0.5) is 0 Å². The molecule has 180 valence electrons. The first kappa shape index (κ1) is 23.1. The quantitative estimate of drug-likeness (QED) is 0.339. The van der Waals surface area contributed by atoms with Crippen LogP contribution in [0.25, 0.3) is 16.6 Å². The summed E-state index contributed by atoms with van der Waals surface area (Å²) < 4.78 is 7.33. The van der Waals surface area contributed by atoms with Crippen LogP contribution in [0.5, 0.6) is 0 Å². The molecule has 1 saturated carbocycles. The number of para-hydroxylation sites is 1. The maximum atomic E-state index is 13.9. The van der Waals surface area contributed by atoms with Crippen molar-refractivity contribution in [2.45, 2.75) is 59.0 Å². The maximum absolute atomic E-state index is 13.9. The average Bonchev–Trinajstić information content (AvgIpc) is 3.33. The predicted octanol–water partition coefficient (Wildman–Crippen LogP) is 5.88. The number of amides is 1. The third kappa shape index (κ3) is 4.29. The molecule has 2 heterocycles. The number of hydrogen-bond donors (Lipinski definition) is 0. The van der Waals surface area contributed by atoms with E-state index in [0.29, 0.717) is 29.7 Å². The van der Waals surface area contributed by atoms with E-state index in [2.05, 4.69) is 6.92 Å². The van der Waals surface area contributed by atoms with Crippen LogP contribution in [0.1, 0.15) is 61.4 Å². The first-order valence-electron chi connectivity index (χ1n) is 12.4. The van der Waals surface area contributed by atoms with Crippen LogP contribution in [-0.4, -0.2) is 20.4 Å². The zero-order valence-electron chi connectivity index (χ0n) is 20.5. The molecule has 1 aliphatic carbocycles. The van der Waals surface area contributed by atoms with E-state index >= 15 is 0 Å². The highest BCUT2D eigenvalue weighted by Crippen LogP contribution is 2.34. The second-order valence-corrected chi connectivity index (χ2v) is 9.49. The van der Waals surface area contributed by atoms with Crippen LogP contribution in [0.3, 0.4) is 0 Å². The third-order valence-electron chi connectivity index (χ3n) is 7.26. The SMILES string of the molecule is CCC(c1nc2ccccc2c(=O)n1-c1ccc(C)c(C)c1)N(Cc1ccco1)C(=O)C1CCC1. The Morgan fingerprint density at radius 3 is 2.57 bits per heavy atom. The number of furan rings is 1. The summed E-state index contributed by atoms with van der Waals surface area (Å²) in [5.74, 6) is 1.42. The topological polar surface area (TPSA) is 68.3 Å². The van der Waals surface area contributed by atoms with Crippen LogP contribution >= 0.6 is 0 Å². The van der Waals surface area contributed by atoms with Crippen molar-refractivity contribution in [1.29, 1.82) is 0 Å². The van der Waals surface area contributed by atoms with Gasteiger partial charge >= 0.3 is 0 Å². The lowest BCUT2D eigenvalue weighted by Gasteiger charge is -2.36. The number of hydrogen-bond acceptors (Lipinski definition) is 4. The molecule has 1 atom stereocenters. The van der Waals surface area contributed by atoms with Gasteiger partial charge in [-0.25, -0.2) is 4.98 Å². The first-order valence-corrected chi connectivity index (χ1v) is 12.4. The molecular formula is C29H31N3O3. The Balaban J connectivity index is 1.72. The van der Waals surface area contributed by atoms with Gasteiger partial charge in [0.25, 0.3) is 5.56 Å². The van der Waals surface area contributed by atoms with Crippen molar-refractivity contribution in [1.82, 2.24) is 14.5 Å². The fourth-order valence-electron chi connectivity index (χ4n) is 4.83. The minimum Gasteiger partial charge on any atom is -0.467 e. The van der Waals surface area contributed by atoms with Crippen LogP contribution < -0.4 is 5.56 Å². The molecule has 5 rings (SSSR count). The molecule has 0 saturated heterocycles. The molecule has 1 unspecified atom stereocenters. The molecule has 4 aromatic rings. The molecule has 35 heavy (non-hydrogen) atoms. The molecule has 2 aromatic heterocycles. The van der Waals surface area contributed by atoms with Crippen molar-refractivity contribution in [2.24, 2.45) is 5.92 Å². The van der Waals surface area contributed by atoms with E-state index in [0.717, 1.165) is 41.8 Å². The zero-order chi connectivity index (χ0) is 24.5. The number of fused-ring (bicyclic) bond motifs is 1. The Morgan fingerprint density at radius 2 is 1.91 bits per heavy atom. The molecule has 0 bridgehead atoms. The lowest BCUT2D eigenvalue weighted by molar-refractivity contribution is -0.142. The van der Waals surface area contributed by atoms with Gasteiger partial charge in [-0.1, -0.05) is 31.5 Å². The molecule has 0 aliphatic heterocycles. The van der Waals surface area contributed by atoms with Crippen molar-refractivity contribution < 1.29 is 9.21 Å². The van der Waals surface area contributed by atoms with Gasteiger partial charge in [-0.3, -0.25) is 14.2 Å². The summed E-state index contributed by atoms with van der Waals surface area (Å²) in [5, 5.41) is 0.562. The molecular weight excluding hydrogens is 438 g/mol. The van der Waals surface area contributed by atoms with Gasteiger partial charge < -0.3 is 9.32 Å². The number of aromatic nitrogens is 2. The summed E-state index contributed by atoms with van der Waals surface area (Å²) in [5.41, 5.74) is 3.53. The minimum atomic E-state index is -0.382. The lowest BCUT2D eigenvalue weighted by atomic mass is 9.84. The molecule has 6 heteroatoms. The molecule has 0 spiro atoms. The minimum absolute atomic E-state index is 0.0151. The molecule has 1 amide bonds. The van der Waals surface area contributed by atoms with E-state index in [1.165, 1.54) is 0 Å². The summed E-state index contributed by atoms with van der Waals surface area (Å²) in [4.78, 5) is 34.4. The fraction of sp³-hybridized carbons (Fsp3) is 0.345. The molecule has 6 nitrogen and oxygen atoms in total. The van der Waals surface area contributed by atoms with E-state index in [-0.39, 0.29) is 23.4 Å². The molecule has 0 radical (unpaired) electrons.